The Morgan fingerprint density at radius 2 is 1.96 bits per heavy atom. The summed E-state index contributed by atoms with van der Waals surface area (Å²) in [5, 5.41) is 3.16. The molecule has 0 atom stereocenters. The number of halogens is 1. The summed E-state index contributed by atoms with van der Waals surface area (Å²) in [6.45, 7) is 4.28. The van der Waals surface area contributed by atoms with Crippen molar-refractivity contribution in [3.05, 3.63) is 23.8 Å². The van der Waals surface area contributed by atoms with Crippen molar-refractivity contribution >= 4 is 28.3 Å². The third-order valence-electron chi connectivity index (χ3n) is 3.83. The number of carbonyl (C=O) groups excluding carboxylic acids is 1. The minimum atomic E-state index is -3.79. The molecule has 24 heavy (non-hydrogen) atoms. The lowest BCUT2D eigenvalue weighted by molar-refractivity contribution is -0.131. The molecule has 0 unspecified atom stereocenters. The molecule has 2 rings (SSSR count). The molecule has 0 saturated carbocycles. The van der Waals surface area contributed by atoms with Crippen LogP contribution in [-0.2, 0) is 14.8 Å². The molecular formula is C15H24ClN3O4S. The molecule has 0 aliphatic carbocycles. The maximum Gasteiger partial charge on any atom is 0.246 e. The van der Waals surface area contributed by atoms with E-state index in [4.69, 9.17) is 4.74 Å². The van der Waals surface area contributed by atoms with Crippen LogP contribution in [0.3, 0.4) is 0 Å². The average Bonchev–Trinajstić information content (AvgIpc) is 2.55. The molecule has 1 saturated heterocycles. The van der Waals surface area contributed by atoms with E-state index in [1.54, 1.807) is 23.1 Å². The fraction of sp³-hybridized carbons (Fsp3) is 0.533. The first-order valence-corrected chi connectivity index (χ1v) is 8.89. The summed E-state index contributed by atoms with van der Waals surface area (Å²) in [6, 6.07) is 4.96. The number of ether oxygens (including phenoxy) is 1. The lowest BCUT2D eigenvalue weighted by Gasteiger charge is -2.29. The summed E-state index contributed by atoms with van der Waals surface area (Å²) in [4.78, 5) is 14.0. The van der Waals surface area contributed by atoms with E-state index in [1.807, 2.05) is 6.92 Å². The van der Waals surface area contributed by atoms with Gasteiger partial charge in [-0.2, -0.15) is 4.31 Å². The number of hydrogen-bond acceptors (Lipinski definition) is 5. The Balaban J connectivity index is 0.00000288. The van der Waals surface area contributed by atoms with Crippen molar-refractivity contribution in [1.82, 2.24) is 14.5 Å². The number of hydrogen-bond donors (Lipinski definition) is 1. The van der Waals surface area contributed by atoms with Crippen LogP contribution in [0.2, 0.25) is 0 Å². The van der Waals surface area contributed by atoms with Gasteiger partial charge in [0.1, 0.15) is 10.6 Å². The maximum absolute atomic E-state index is 12.7. The van der Waals surface area contributed by atoms with E-state index in [-0.39, 0.29) is 35.5 Å². The second-order valence-corrected chi connectivity index (χ2v) is 7.56. The van der Waals surface area contributed by atoms with Gasteiger partial charge in [0.25, 0.3) is 0 Å². The summed E-state index contributed by atoms with van der Waals surface area (Å²) in [6.07, 6.45) is 0. The number of sulfonamides is 1. The molecule has 1 aliphatic heterocycles. The van der Waals surface area contributed by atoms with Gasteiger partial charge in [-0.25, -0.2) is 8.42 Å². The lowest BCUT2D eigenvalue weighted by atomic mass is 10.2. The van der Waals surface area contributed by atoms with Gasteiger partial charge in [-0.3, -0.25) is 4.79 Å². The molecule has 1 fully saturated rings. The van der Waals surface area contributed by atoms with E-state index in [0.29, 0.717) is 13.1 Å². The van der Waals surface area contributed by atoms with Crippen LogP contribution in [-0.4, -0.2) is 70.4 Å². The van der Waals surface area contributed by atoms with Gasteiger partial charge < -0.3 is 15.0 Å². The van der Waals surface area contributed by atoms with E-state index < -0.39 is 10.0 Å². The van der Waals surface area contributed by atoms with Gasteiger partial charge in [-0.15, -0.1) is 12.4 Å². The van der Waals surface area contributed by atoms with Crippen molar-refractivity contribution in [2.75, 3.05) is 46.9 Å². The highest BCUT2D eigenvalue weighted by molar-refractivity contribution is 7.89. The Kier molecular flexibility index (Phi) is 7.47. The molecule has 1 N–H and O–H groups in total. The van der Waals surface area contributed by atoms with Gasteiger partial charge >= 0.3 is 0 Å². The molecular weight excluding hydrogens is 354 g/mol. The molecule has 9 heteroatoms. The van der Waals surface area contributed by atoms with Crippen molar-refractivity contribution < 1.29 is 17.9 Å². The van der Waals surface area contributed by atoms with E-state index in [0.717, 1.165) is 23.0 Å². The van der Waals surface area contributed by atoms with Crippen LogP contribution < -0.4 is 10.1 Å². The highest BCUT2D eigenvalue weighted by atomic mass is 35.5. The zero-order valence-corrected chi connectivity index (χ0v) is 15.7. The number of nitrogens with one attached hydrogen (secondary N) is 1. The van der Waals surface area contributed by atoms with E-state index in [1.165, 1.54) is 14.2 Å². The molecule has 0 spiro atoms. The van der Waals surface area contributed by atoms with Gasteiger partial charge in [0.05, 0.1) is 13.7 Å². The molecule has 136 valence electrons. The molecule has 7 nitrogen and oxygen atoms in total. The van der Waals surface area contributed by atoms with E-state index in [2.05, 4.69) is 5.32 Å². The second-order valence-electron chi connectivity index (χ2n) is 5.55. The second kappa shape index (κ2) is 8.66. The monoisotopic (exact) mass is 377 g/mol. The summed E-state index contributed by atoms with van der Waals surface area (Å²) >= 11 is 0. The Bertz CT molecular complexity index is 675. The van der Waals surface area contributed by atoms with Crippen LogP contribution in [0, 0.1) is 6.92 Å². The van der Waals surface area contributed by atoms with Gasteiger partial charge in [-0.1, -0.05) is 6.07 Å². The smallest absolute Gasteiger partial charge is 0.246 e. The first kappa shape index (κ1) is 20.7. The Morgan fingerprint density at radius 1 is 1.33 bits per heavy atom. The van der Waals surface area contributed by atoms with Crippen molar-refractivity contribution in [3.63, 3.8) is 0 Å². The molecule has 1 heterocycles. The van der Waals surface area contributed by atoms with Gasteiger partial charge in [0, 0.05) is 33.2 Å². The number of carbonyl (C=O) groups is 1. The lowest BCUT2D eigenvalue weighted by Crippen LogP contribution is -2.49. The number of nitrogens with zero attached hydrogens (tertiary/aromatic N) is 2. The summed E-state index contributed by atoms with van der Waals surface area (Å²) < 4.78 is 31.7. The molecule has 0 bridgehead atoms. The van der Waals surface area contributed by atoms with E-state index in [9.17, 15) is 13.2 Å². The Labute approximate surface area is 149 Å². The van der Waals surface area contributed by atoms with Gasteiger partial charge in [0.15, 0.2) is 0 Å². The number of likely N-dealkylation sites (N-methyl/N-ethyl adjacent to an activating group) is 1. The third kappa shape index (κ3) is 4.60. The minimum absolute atomic E-state index is 0. The first-order chi connectivity index (χ1) is 10.9. The molecule has 1 aliphatic rings. The summed E-state index contributed by atoms with van der Waals surface area (Å²) in [7, 11) is -0.953. The normalized spacial score (nSPS) is 15.1. The zero-order chi connectivity index (χ0) is 17.0. The Hall–Kier alpha value is -1.35. The predicted octanol–water partition coefficient (Wildman–Crippen LogP) is 0.478. The van der Waals surface area contributed by atoms with Crippen molar-refractivity contribution in [2.45, 2.75) is 11.8 Å². The number of methoxy groups -OCH3 is 1. The highest BCUT2D eigenvalue weighted by Crippen LogP contribution is 2.27. The van der Waals surface area contributed by atoms with Gasteiger partial charge in [-0.05, 0) is 24.6 Å². The molecule has 1 aromatic carbocycles. The van der Waals surface area contributed by atoms with Crippen LogP contribution in [0.25, 0.3) is 0 Å². The Morgan fingerprint density at radius 3 is 2.54 bits per heavy atom. The quantitative estimate of drug-likeness (QED) is 0.807. The van der Waals surface area contributed by atoms with Crippen molar-refractivity contribution in [1.29, 1.82) is 0 Å². The topological polar surface area (TPSA) is 79.0 Å². The molecule has 0 radical (unpaired) electrons. The highest BCUT2D eigenvalue weighted by Gasteiger charge is 2.28. The number of amides is 1. The number of aryl methyl sites for hydroxylation is 1. The number of benzene rings is 1. The standard InChI is InChI=1S/C15H23N3O4S.ClH/c1-12-4-5-13(22-3)14(10-12)23(20,21)17(2)11-15(19)18-8-6-16-7-9-18;/h4-5,10,16H,6-9,11H2,1-3H3;1H. The fourth-order valence-electron chi connectivity index (χ4n) is 2.44. The molecule has 1 aromatic rings. The summed E-state index contributed by atoms with van der Waals surface area (Å²) in [5.74, 6) is 0.0845. The maximum atomic E-state index is 12.7. The van der Waals surface area contributed by atoms with Crippen molar-refractivity contribution in [2.24, 2.45) is 0 Å². The van der Waals surface area contributed by atoms with Gasteiger partial charge in [0.2, 0.25) is 15.9 Å². The first-order valence-electron chi connectivity index (χ1n) is 7.45. The molecule has 0 aromatic heterocycles. The largest absolute Gasteiger partial charge is 0.495 e. The van der Waals surface area contributed by atoms with Crippen LogP contribution in [0.4, 0.5) is 0 Å². The van der Waals surface area contributed by atoms with Crippen molar-refractivity contribution in [3.8, 4) is 5.75 Å². The van der Waals surface area contributed by atoms with Crippen LogP contribution in [0.15, 0.2) is 23.1 Å². The van der Waals surface area contributed by atoms with E-state index >= 15 is 0 Å². The number of rotatable bonds is 5. The molecule has 1 amide bonds. The number of piperazine rings is 1. The minimum Gasteiger partial charge on any atom is -0.495 e. The average molecular weight is 378 g/mol. The van der Waals surface area contributed by atoms with Crippen LogP contribution in [0.5, 0.6) is 5.75 Å². The van der Waals surface area contributed by atoms with Crippen LogP contribution in [0.1, 0.15) is 5.56 Å². The third-order valence-corrected chi connectivity index (χ3v) is 5.66. The van der Waals surface area contributed by atoms with Crippen LogP contribution >= 0.6 is 12.4 Å². The SMILES string of the molecule is COc1ccc(C)cc1S(=O)(=O)N(C)CC(=O)N1CCNCC1.Cl. The zero-order valence-electron chi connectivity index (χ0n) is 14.1. The fourth-order valence-corrected chi connectivity index (χ4v) is 3.80. The predicted molar refractivity (Wildman–Crippen MR) is 94.2 cm³/mol. The summed E-state index contributed by atoms with van der Waals surface area (Å²) in [5.41, 5.74) is 0.811.